The van der Waals surface area contributed by atoms with Gasteiger partial charge in [0.05, 0.1) is 19.8 Å². The first-order valence-corrected chi connectivity index (χ1v) is 5.32. The highest BCUT2D eigenvalue weighted by molar-refractivity contribution is 5.93. The van der Waals surface area contributed by atoms with E-state index in [2.05, 4.69) is 21.4 Å². The molecule has 96 valence electrons. The highest BCUT2D eigenvalue weighted by Gasteiger charge is 2.24. The molecule has 1 aromatic rings. The van der Waals surface area contributed by atoms with Crippen LogP contribution in [0, 0.1) is 0 Å². The maximum atomic E-state index is 11.3. The van der Waals surface area contributed by atoms with Gasteiger partial charge in [-0.3, -0.25) is 0 Å². The summed E-state index contributed by atoms with van der Waals surface area (Å²) in [6, 6.07) is 1.27. The number of ether oxygens (including phenoxy) is 2. The standard InChI is InChI=1S/C12H16N3O3/c1-5-13-11(17-3)10-6-7-15(14-8-10)9(2)12(16)18-4/h5-9H,1H2,2-4H3/q+1. The minimum Gasteiger partial charge on any atom is -0.481 e. The van der Waals surface area contributed by atoms with Gasteiger partial charge < -0.3 is 9.47 Å². The number of hydrogen-bond acceptors (Lipinski definition) is 5. The van der Waals surface area contributed by atoms with Crippen molar-refractivity contribution in [2.75, 3.05) is 14.2 Å². The molecule has 0 aromatic carbocycles. The van der Waals surface area contributed by atoms with Gasteiger partial charge in [0.15, 0.2) is 6.20 Å². The van der Waals surface area contributed by atoms with Crippen molar-refractivity contribution < 1.29 is 19.0 Å². The van der Waals surface area contributed by atoms with Crippen LogP contribution >= 0.6 is 0 Å². The zero-order valence-corrected chi connectivity index (χ0v) is 10.7. The van der Waals surface area contributed by atoms with Crippen LogP contribution in [-0.2, 0) is 14.3 Å². The van der Waals surface area contributed by atoms with Gasteiger partial charge in [-0.25, -0.2) is 9.79 Å². The quantitative estimate of drug-likeness (QED) is 0.340. The second kappa shape index (κ2) is 6.48. The lowest BCUT2D eigenvalue weighted by Gasteiger charge is -2.04. The molecule has 0 spiro atoms. The summed E-state index contributed by atoms with van der Waals surface area (Å²) < 4.78 is 11.2. The van der Waals surface area contributed by atoms with Crippen molar-refractivity contribution in [3.8, 4) is 0 Å². The fraction of sp³-hybridized carbons (Fsp3) is 0.333. The average Bonchev–Trinajstić information content (AvgIpc) is 2.43. The van der Waals surface area contributed by atoms with E-state index < -0.39 is 6.04 Å². The van der Waals surface area contributed by atoms with Crippen molar-refractivity contribution in [3.05, 3.63) is 36.8 Å². The molecule has 1 rings (SSSR count). The molecule has 0 saturated carbocycles. The Morgan fingerprint density at radius 2 is 2.28 bits per heavy atom. The summed E-state index contributed by atoms with van der Waals surface area (Å²) in [6.45, 7) is 5.20. The van der Waals surface area contributed by atoms with Crippen LogP contribution in [0.2, 0.25) is 0 Å². The predicted octanol–water partition coefficient (Wildman–Crippen LogP) is 0.640. The molecule has 0 bridgehead atoms. The van der Waals surface area contributed by atoms with Gasteiger partial charge in [-0.2, -0.15) is 0 Å². The van der Waals surface area contributed by atoms with Gasteiger partial charge in [-0.15, -0.1) is 0 Å². The van der Waals surface area contributed by atoms with E-state index in [1.807, 2.05) is 0 Å². The van der Waals surface area contributed by atoms with Crippen LogP contribution in [0.5, 0.6) is 0 Å². The Morgan fingerprint density at radius 1 is 1.56 bits per heavy atom. The van der Waals surface area contributed by atoms with Crippen LogP contribution in [0.15, 0.2) is 36.2 Å². The second-order valence-corrected chi connectivity index (χ2v) is 3.42. The molecule has 1 atom stereocenters. The van der Waals surface area contributed by atoms with E-state index in [4.69, 9.17) is 4.74 Å². The molecule has 0 aliphatic rings. The minimum atomic E-state index is -0.480. The Hall–Kier alpha value is -2.24. The molecule has 6 nitrogen and oxygen atoms in total. The minimum absolute atomic E-state index is 0.355. The van der Waals surface area contributed by atoms with Crippen LogP contribution in [0.4, 0.5) is 0 Å². The second-order valence-electron chi connectivity index (χ2n) is 3.42. The number of nitrogens with zero attached hydrogens (tertiary/aromatic N) is 3. The molecule has 0 fully saturated rings. The Kier molecular flexibility index (Phi) is 4.98. The summed E-state index contributed by atoms with van der Waals surface area (Å²) in [5.41, 5.74) is 0.700. The molecule has 0 saturated heterocycles. The molecular formula is C12H16N3O3+. The third-order valence-electron chi connectivity index (χ3n) is 2.32. The van der Waals surface area contributed by atoms with Crippen molar-refractivity contribution in [2.24, 2.45) is 4.99 Å². The smallest absolute Gasteiger partial charge is 0.377 e. The third-order valence-corrected chi connectivity index (χ3v) is 2.32. The first kappa shape index (κ1) is 13.8. The summed E-state index contributed by atoms with van der Waals surface area (Å²) in [6.07, 6.45) is 4.61. The van der Waals surface area contributed by atoms with Crippen molar-refractivity contribution in [1.82, 2.24) is 5.10 Å². The molecule has 18 heavy (non-hydrogen) atoms. The zero-order chi connectivity index (χ0) is 13.5. The fourth-order valence-corrected chi connectivity index (χ4v) is 1.33. The predicted molar refractivity (Wildman–Crippen MR) is 64.9 cm³/mol. The van der Waals surface area contributed by atoms with Crippen LogP contribution in [-0.4, -0.2) is 31.2 Å². The van der Waals surface area contributed by atoms with Gasteiger partial charge in [-0.05, 0) is 5.10 Å². The van der Waals surface area contributed by atoms with E-state index in [0.29, 0.717) is 11.5 Å². The molecular weight excluding hydrogens is 234 g/mol. The lowest BCUT2D eigenvalue weighted by molar-refractivity contribution is -0.763. The van der Waals surface area contributed by atoms with Gasteiger partial charge in [0, 0.05) is 19.2 Å². The summed E-state index contributed by atoms with van der Waals surface area (Å²) >= 11 is 0. The largest absolute Gasteiger partial charge is 0.481 e. The van der Waals surface area contributed by atoms with Crippen LogP contribution in [0.3, 0.4) is 0 Å². The topological polar surface area (TPSA) is 64.7 Å². The van der Waals surface area contributed by atoms with Gasteiger partial charge in [0.25, 0.3) is 6.04 Å². The van der Waals surface area contributed by atoms with Crippen molar-refractivity contribution in [2.45, 2.75) is 13.0 Å². The number of methoxy groups -OCH3 is 2. The SMILES string of the molecule is C=CN=C(OC)c1cc[n+](C(C)C(=O)OC)nc1. The molecule has 0 amide bonds. The fourth-order valence-electron chi connectivity index (χ4n) is 1.33. The Labute approximate surface area is 106 Å². The number of rotatable bonds is 4. The summed E-state index contributed by atoms with van der Waals surface area (Å²) in [4.78, 5) is 15.3. The number of aromatic nitrogens is 2. The van der Waals surface area contributed by atoms with Crippen LogP contribution < -0.4 is 4.68 Å². The monoisotopic (exact) mass is 250 g/mol. The van der Waals surface area contributed by atoms with E-state index in [0.717, 1.165) is 0 Å². The molecule has 0 aliphatic carbocycles. The first-order chi connectivity index (χ1) is 8.63. The lowest BCUT2D eigenvalue weighted by atomic mass is 10.3. The summed E-state index contributed by atoms with van der Waals surface area (Å²) in [7, 11) is 2.86. The lowest BCUT2D eigenvalue weighted by Crippen LogP contribution is -2.45. The van der Waals surface area contributed by atoms with Crippen molar-refractivity contribution in [3.63, 3.8) is 0 Å². The number of hydrogen-bond donors (Lipinski definition) is 0. The van der Waals surface area contributed by atoms with Gasteiger partial charge in [-0.1, -0.05) is 11.3 Å². The Bertz CT molecular complexity index is 454. The van der Waals surface area contributed by atoms with Gasteiger partial charge in [0.2, 0.25) is 5.90 Å². The van der Waals surface area contributed by atoms with E-state index >= 15 is 0 Å². The van der Waals surface area contributed by atoms with Gasteiger partial charge in [0.1, 0.15) is 6.20 Å². The molecule has 1 aromatic heterocycles. The van der Waals surface area contributed by atoms with E-state index in [1.165, 1.54) is 25.1 Å². The first-order valence-electron chi connectivity index (χ1n) is 5.32. The number of carbonyl (C=O) groups is 1. The third kappa shape index (κ3) is 3.13. The molecule has 1 unspecified atom stereocenters. The normalized spacial score (nSPS) is 12.7. The molecule has 6 heteroatoms. The van der Waals surface area contributed by atoms with E-state index in [-0.39, 0.29) is 5.97 Å². The van der Waals surface area contributed by atoms with Crippen LogP contribution in [0.1, 0.15) is 18.5 Å². The summed E-state index contributed by atoms with van der Waals surface area (Å²) in [5.74, 6) is 0.0577. The van der Waals surface area contributed by atoms with Crippen LogP contribution in [0.25, 0.3) is 0 Å². The van der Waals surface area contributed by atoms with Gasteiger partial charge >= 0.3 is 5.97 Å². The number of carbonyl (C=O) groups excluding carboxylic acids is 1. The average molecular weight is 250 g/mol. The Morgan fingerprint density at radius 3 is 2.72 bits per heavy atom. The van der Waals surface area contributed by atoms with E-state index in [9.17, 15) is 4.79 Å². The molecule has 0 radical (unpaired) electrons. The summed E-state index contributed by atoms with van der Waals surface area (Å²) in [5, 5.41) is 4.12. The van der Waals surface area contributed by atoms with Crippen molar-refractivity contribution >= 4 is 11.9 Å². The molecule has 0 aliphatic heterocycles. The highest BCUT2D eigenvalue weighted by Crippen LogP contribution is 2.01. The maximum Gasteiger partial charge on any atom is 0.377 e. The highest BCUT2D eigenvalue weighted by atomic mass is 16.5. The maximum absolute atomic E-state index is 11.3. The number of aliphatic imine (C=N–C) groups is 1. The molecule has 0 N–H and O–H groups in total. The molecule has 1 heterocycles. The number of esters is 1. The Balaban J connectivity index is 2.95. The van der Waals surface area contributed by atoms with E-state index in [1.54, 1.807) is 25.4 Å². The van der Waals surface area contributed by atoms with Crippen molar-refractivity contribution in [1.29, 1.82) is 0 Å². The zero-order valence-electron chi connectivity index (χ0n) is 10.7.